The number of carbonyl (C=O) groups is 5. The minimum absolute atomic E-state index is 0.0169. The third-order valence-electron chi connectivity index (χ3n) is 13.8. The van der Waals surface area contributed by atoms with Crippen LogP contribution in [0, 0.1) is 28.5 Å². The Hall–Kier alpha value is -7.12. The van der Waals surface area contributed by atoms with Crippen LogP contribution in [0.1, 0.15) is 106 Å². The number of pyridine rings is 1. The number of rotatable bonds is 21. The molecular weight excluding hydrogens is 976 g/mol. The van der Waals surface area contributed by atoms with Crippen molar-refractivity contribution in [2.75, 3.05) is 72.9 Å². The first-order chi connectivity index (χ1) is 36.2. The number of hydrogen-bond donors (Lipinski definition) is 4. The van der Waals surface area contributed by atoms with E-state index in [1.807, 2.05) is 58.0 Å². The molecule has 408 valence electrons. The number of anilines is 1. The quantitative estimate of drug-likeness (QED) is 0.0644. The Balaban J connectivity index is 0.997. The maximum atomic E-state index is 14.5. The largest absolute Gasteiger partial charge is 0.482 e. The second-order valence-electron chi connectivity index (χ2n) is 20.3. The van der Waals surface area contributed by atoms with Crippen molar-refractivity contribution in [1.82, 2.24) is 45.4 Å². The molecule has 20 nitrogen and oxygen atoms in total. The lowest BCUT2D eigenvalue weighted by Gasteiger charge is -2.33. The molecule has 76 heavy (non-hydrogen) atoms. The summed E-state index contributed by atoms with van der Waals surface area (Å²) in [6, 6.07) is 15.7. The normalized spacial score (nSPS) is 17.9. The van der Waals surface area contributed by atoms with Crippen molar-refractivity contribution in [3.05, 3.63) is 94.7 Å². The minimum Gasteiger partial charge on any atom is -0.482 e. The van der Waals surface area contributed by atoms with Crippen LogP contribution in [0.2, 0.25) is 0 Å². The van der Waals surface area contributed by atoms with Gasteiger partial charge in [0.25, 0.3) is 11.8 Å². The Kier molecular flexibility index (Phi) is 20.3. The number of ether oxygens (including phenoxy) is 3. The molecule has 1 saturated heterocycles. The molecule has 5 N–H and O–H groups in total. The molecule has 4 heterocycles. The Morgan fingerprint density at radius 1 is 1.09 bits per heavy atom. The zero-order chi connectivity index (χ0) is 55.3. The van der Waals surface area contributed by atoms with Gasteiger partial charge in [0, 0.05) is 74.4 Å². The second-order valence-corrected chi connectivity index (χ2v) is 20.3. The van der Waals surface area contributed by atoms with Crippen LogP contribution in [0.4, 0.5) is 10.2 Å². The predicted molar refractivity (Wildman–Crippen MR) is 284 cm³/mol. The van der Waals surface area contributed by atoms with E-state index in [1.165, 1.54) is 35.5 Å². The SMILES string of the molecule is CC[C@@H](NC(=O)[C@@H]1C[C@H](NCCOCCOCCC(=O)N(C)CCn2nc(C#N)c3c2CN(C)C(=O)c2ccc(F)cc2[C@@H](C)Oc2cc-3cnc2N)CN1C(=O)C(C=NC(=O)[C@H](C)NC)C(C)(C)C)c1ccccc1. The van der Waals surface area contributed by atoms with Gasteiger partial charge < -0.3 is 50.6 Å². The number of nitrogen functional groups attached to an aromatic ring is 1. The number of carbonyl (C=O) groups excluding carboxylic acids is 5. The van der Waals surface area contributed by atoms with Crippen LogP contribution in [-0.4, -0.2) is 151 Å². The van der Waals surface area contributed by atoms with Gasteiger partial charge in [-0.2, -0.15) is 10.4 Å². The molecule has 2 bridgehead atoms. The minimum atomic E-state index is -0.776. The molecule has 0 aliphatic carbocycles. The van der Waals surface area contributed by atoms with Crippen LogP contribution in [0.5, 0.6) is 5.75 Å². The molecule has 6 rings (SSSR count). The number of halogens is 1. The van der Waals surface area contributed by atoms with Gasteiger partial charge in [0.15, 0.2) is 17.3 Å². The van der Waals surface area contributed by atoms with Crippen molar-refractivity contribution < 1.29 is 42.6 Å². The molecular formula is C55H73FN12O8. The maximum Gasteiger partial charge on any atom is 0.262 e. The second kappa shape index (κ2) is 26.6. The number of likely N-dealkylation sites (N-methyl/N-ethyl adjacent to an activating group) is 2. The molecule has 0 spiro atoms. The molecule has 4 aromatic rings. The van der Waals surface area contributed by atoms with Gasteiger partial charge in [0.2, 0.25) is 17.7 Å². The fraction of sp³-hybridized carbons (Fsp3) is 0.509. The van der Waals surface area contributed by atoms with Crippen LogP contribution in [0.3, 0.4) is 0 Å². The number of nitrogens with two attached hydrogens (primary N) is 1. The van der Waals surface area contributed by atoms with Gasteiger partial charge in [-0.1, -0.05) is 58.0 Å². The van der Waals surface area contributed by atoms with Crippen LogP contribution < -0.4 is 26.4 Å². The van der Waals surface area contributed by atoms with Gasteiger partial charge in [0.05, 0.1) is 69.6 Å². The van der Waals surface area contributed by atoms with Crippen LogP contribution in [-0.2, 0) is 41.7 Å². The van der Waals surface area contributed by atoms with Gasteiger partial charge >= 0.3 is 0 Å². The first-order valence-electron chi connectivity index (χ1n) is 25.8. The number of hydrogen-bond acceptors (Lipinski definition) is 14. The Morgan fingerprint density at radius 2 is 1.82 bits per heavy atom. The van der Waals surface area contributed by atoms with E-state index in [2.05, 4.69) is 37.1 Å². The maximum absolute atomic E-state index is 14.5. The summed E-state index contributed by atoms with van der Waals surface area (Å²) < 4.78 is 33.8. The fourth-order valence-electron chi connectivity index (χ4n) is 9.18. The molecule has 2 aliphatic rings. The van der Waals surface area contributed by atoms with Crippen LogP contribution in [0.25, 0.3) is 11.1 Å². The van der Waals surface area contributed by atoms with Crippen molar-refractivity contribution in [2.45, 2.75) is 104 Å². The topological polar surface area (TPSA) is 252 Å². The molecule has 1 unspecified atom stereocenters. The van der Waals surface area contributed by atoms with Gasteiger partial charge in [-0.05, 0) is 69.0 Å². The zero-order valence-corrected chi connectivity index (χ0v) is 45.1. The van der Waals surface area contributed by atoms with E-state index >= 15 is 0 Å². The summed E-state index contributed by atoms with van der Waals surface area (Å²) in [6.45, 7) is 13.2. The lowest BCUT2D eigenvalue weighted by molar-refractivity contribution is -0.142. The molecule has 2 aromatic carbocycles. The third kappa shape index (κ3) is 14.6. The molecule has 0 radical (unpaired) electrons. The molecule has 6 atom stereocenters. The van der Waals surface area contributed by atoms with Gasteiger partial charge in [-0.15, -0.1) is 0 Å². The van der Waals surface area contributed by atoms with E-state index in [-0.39, 0.29) is 105 Å². The summed E-state index contributed by atoms with van der Waals surface area (Å²) in [5.41, 5.74) is 8.64. The van der Waals surface area contributed by atoms with E-state index in [1.54, 1.807) is 55.5 Å². The van der Waals surface area contributed by atoms with E-state index in [0.717, 1.165) is 5.56 Å². The number of nitrogens with zero attached hydrogens (tertiary/aromatic N) is 8. The van der Waals surface area contributed by atoms with Gasteiger partial charge in [-0.25, -0.2) is 14.4 Å². The number of amides is 5. The molecule has 2 aliphatic heterocycles. The smallest absolute Gasteiger partial charge is 0.262 e. The number of nitriles is 1. The van der Waals surface area contributed by atoms with Crippen molar-refractivity contribution in [3.63, 3.8) is 0 Å². The Morgan fingerprint density at radius 3 is 2.50 bits per heavy atom. The van der Waals surface area contributed by atoms with E-state index in [9.17, 15) is 33.6 Å². The average molecular weight is 1050 g/mol. The fourth-order valence-corrected chi connectivity index (χ4v) is 9.18. The highest BCUT2D eigenvalue weighted by atomic mass is 19.1. The molecule has 0 saturated carbocycles. The molecule has 21 heteroatoms. The van der Waals surface area contributed by atoms with Gasteiger partial charge in [-0.3, -0.25) is 28.7 Å². The highest BCUT2D eigenvalue weighted by Gasteiger charge is 2.44. The standard InChI is InChI=1S/C55H73FN12O8/c1-10-43(36-14-12-11-13-15-36)63-52(71)45-28-39(32-67(45)54(73)42(55(4,5)6)31-62-51(70)34(2)59-7)60-19-23-75-25-24-74-22-18-48(69)65(8)20-21-68-46-33-66(9)53(72)40-17-16-38(56)27-41(40)35(3)76-47-26-37(30-61-50(47)58)49(46)44(29-57)64-68/h11-17,26-27,30-31,34-35,39,42-43,45,59-60H,10,18-25,28,32-33H2,1-9H3,(H2,58,61)(H,63,71)/t34-,35+,39-,42?,43+,45-/m0/s1. The summed E-state index contributed by atoms with van der Waals surface area (Å²) in [6.07, 6.45) is 3.27. The van der Waals surface area contributed by atoms with E-state index in [4.69, 9.17) is 19.9 Å². The summed E-state index contributed by atoms with van der Waals surface area (Å²) in [7, 11) is 4.93. The summed E-state index contributed by atoms with van der Waals surface area (Å²) in [4.78, 5) is 81.4. The first-order valence-corrected chi connectivity index (χ1v) is 25.8. The summed E-state index contributed by atoms with van der Waals surface area (Å²) >= 11 is 0. The van der Waals surface area contributed by atoms with Crippen molar-refractivity contribution >= 4 is 41.6 Å². The lowest BCUT2D eigenvalue weighted by Crippen LogP contribution is -2.50. The Labute approximate surface area is 444 Å². The Bertz CT molecular complexity index is 2760. The van der Waals surface area contributed by atoms with Crippen LogP contribution >= 0.6 is 0 Å². The average Bonchev–Trinajstić information content (AvgIpc) is 4.00. The van der Waals surface area contributed by atoms with Gasteiger partial charge in [0.1, 0.15) is 24.0 Å². The lowest BCUT2D eigenvalue weighted by atomic mass is 9.80. The molecule has 1 fully saturated rings. The van der Waals surface area contributed by atoms with E-state index in [0.29, 0.717) is 48.4 Å². The predicted octanol–water partition coefficient (Wildman–Crippen LogP) is 4.84. The number of aliphatic imine (C=N–C) groups is 1. The highest BCUT2D eigenvalue weighted by Crippen LogP contribution is 2.37. The molecule has 5 amide bonds. The number of aromatic nitrogens is 3. The first kappa shape index (κ1) is 58.1. The van der Waals surface area contributed by atoms with Crippen LogP contribution in [0.15, 0.2) is 65.8 Å². The number of nitrogens with one attached hydrogen (secondary N) is 3. The van der Waals surface area contributed by atoms with Crippen molar-refractivity contribution in [2.24, 2.45) is 16.3 Å². The highest BCUT2D eigenvalue weighted by molar-refractivity contribution is 6.01. The summed E-state index contributed by atoms with van der Waals surface area (Å²) in [5, 5.41) is 24.4. The zero-order valence-electron chi connectivity index (χ0n) is 45.1. The van der Waals surface area contributed by atoms with Crippen molar-refractivity contribution in [3.8, 4) is 22.9 Å². The number of fused-ring (bicyclic) bond motifs is 5. The van der Waals surface area contributed by atoms with E-state index < -0.39 is 47.2 Å². The molecule has 2 aromatic heterocycles. The van der Waals surface area contributed by atoms with Crippen molar-refractivity contribution in [1.29, 1.82) is 5.26 Å². The summed E-state index contributed by atoms with van der Waals surface area (Å²) in [5.74, 6) is -2.56. The number of benzene rings is 2. The number of likely N-dealkylation sites (tertiary alicyclic amines) is 1. The monoisotopic (exact) mass is 1050 g/mol. The third-order valence-corrected chi connectivity index (χ3v) is 13.8.